The van der Waals surface area contributed by atoms with Crippen LogP contribution in [0.4, 0.5) is 5.69 Å². The molecule has 4 bridgehead atoms. The fourth-order valence-electron chi connectivity index (χ4n) is 4.16. The molecule has 2 amide bonds. The van der Waals surface area contributed by atoms with Gasteiger partial charge in [0.2, 0.25) is 11.8 Å². The highest BCUT2D eigenvalue weighted by atomic mass is 16.5. The molecular formula is C26H33N5O6. The largest absolute Gasteiger partial charge is 0.467 e. The van der Waals surface area contributed by atoms with E-state index in [0.29, 0.717) is 29.8 Å². The predicted octanol–water partition coefficient (Wildman–Crippen LogP) is 0.169. The number of ether oxygens (including phenoxy) is 2. The van der Waals surface area contributed by atoms with Gasteiger partial charge in [0, 0.05) is 25.5 Å². The lowest BCUT2D eigenvalue weighted by atomic mass is 9.95. The first-order chi connectivity index (χ1) is 17.6. The topological polar surface area (TPSA) is 189 Å². The first-order valence-corrected chi connectivity index (χ1v) is 12.0. The number of rotatable bonds is 5. The Kier molecular flexibility index (Phi) is 9.20. The summed E-state index contributed by atoms with van der Waals surface area (Å²) in [5.74, 6) is -2.04. The van der Waals surface area contributed by atoms with Gasteiger partial charge in [-0.1, -0.05) is 12.1 Å². The van der Waals surface area contributed by atoms with Gasteiger partial charge in [-0.2, -0.15) is 0 Å². The second-order valence-corrected chi connectivity index (χ2v) is 8.92. The average Bonchev–Trinajstić information content (AvgIpc) is 2.86. The maximum Gasteiger partial charge on any atom is 0.328 e. The molecular weight excluding hydrogens is 478 g/mol. The minimum atomic E-state index is -1.05. The van der Waals surface area contributed by atoms with Crippen LogP contribution in [0.25, 0.3) is 11.1 Å². The molecule has 11 nitrogen and oxygen atoms in total. The van der Waals surface area contributed by atoms with Crippen LogP contribution in [0.15, 0.2) is 36.4 Å². The van der Waals surface area contributed by atoms with Crippen molar-refractivity contribution in [2.75, 3.05) is 19.4 Å². The van der Waals surface area contributed by atoms with Crippen molar-refractivity contribution >= 4 is 29.4 Å². The summed E-state index contributed by atoms with van der Waals surface area (Å²) >= 11 is 0. The third-order valence-corrected chi connectivity index (χ3v) is 6.12. The van der Waals surface area contributed by atoms with Gasteiger partial charge in [-0.05, 0) is 65.9 Å². The standard InChI is InChI=1S/C26H33N5O6/c1-14(32)37-23-8-6-16-11-18(23)12-20(29)24(33)30-21(4-3-9-27)25(34)31-22(26(35)36-2)13-17-10-15(16)5-7-19(17)28/h5-8,10-11,20-22H,3-4,9,12-13,27-29H2,1-2H3,(H,30,33)(H,31,34)/t20-,21-,22-/m0/s1. The second kappa shape index (κ2) is 12.3. The molecule has 0 fully saturated rings. The fraction of sp³-hybridized carbons (Fsp3) is 0.385. The lowest BCUT2D eigenvalue weighted by molar-refractivity contribution is -0.145. The molecule has 2 aromatic carbocycles. The zero-order valence-corrected chi connectivity index (χ0v) is 20.9. The zero-order valence-electron chi connectivity index (χ0n) is 20.9. The van der Waals surface area contributed by atoms with Crippen molar-refractivity contribution < 1.29 is 28.7 Å². The SMILES string of the molecule is COC(=O)[C@@H]1Cc2cc(ccc2N)-c2ccc(OC(C)=O)c(c2)C[C@H](N)C(=O)N[C@@H](CCCN)C(=O)N1. The molecule has 11 heteroatoms. The van der Waals surface area contributed by atoms with E-state index in [0.717, 1.165) is 11.1 Å². The third-order valence-electron chi connectivity index (χ3n) is 6.12. The minimum Gasteiger partial charge on any atom is -0.467 e. The molecule has 1 heterocycles. The van der Waals surface area contributed by atoms with Gasteiger partial charge < -0.3 is 37.3 Å². The summed E-state index contributed by atoms with van der Waals surface area (Å²) in [6.45, 7) is 1.58. The van der Waals surface area contributed by atoms with Crippen LogP contribution in [0, 0.1) is 0 Å². The first-order valence-electron chi connectivity index (χ1n) is 12.0. The Bertz CT molecular complexity index is 1180. The zero-order chi connectivity index (χ0) is 27.1. The highest BCUT2D eigenvalue weighted by Gasteiger charge is 2.30. The molecule has 3 rings (SSSR count). The highest BCUT2D eigenvalue weighted by molar-refractivity contribution is 5.92. The summed E-state index contributed by atoms with van der Waals surface area (Å²) in [6.07, 6.45) is 0.790. The van der Waals surface area contributed by atoms with Crippen molar-refractivity contribution in [2.24, 2.45) is 11.5 Å². The number of methoxy groups -OCH3 is 1. The normalized spacial score (nSPS) is 20.1. The maximum absolute atomic E-state index is 13.2. The molecule has 37 heavy (non-hydrogen) atoms. The van der Waals surface area contributed by atoms with Crippen LogP contribution in [0.1, 0.15) is 30.9 Å². The predicted molar refractivity (Wildman–Crippen MR) is 137 cm³/mol. The molecule has 8 N–H and O–H groups in total. The third kappa shape index (κ3) is 7.05. The van der Waals surface area contributed by atoms with Gasteiger partial charge in [-0.25, -0.2) is 4.79 Å². The van der Waals surface area contributed by atoms with Crippen LogP contribution in [0.2, 0.25) is 0 Å². The van der Waals surface area contributed by atoms with Crippen molar-refractivity contribution in [3.8, 4) is 16.9 Å². The number of fused-ring (bicyclic) bond motifs is 5. The molecule has 0 aromatic heterocycles. The average molecular weight is 512 g/mol. The molecule has 0 aliphatic carbocycles. The van der Waals surface area contributed by atoms with E-state index < -0.39 is 41.9 Å². The van der Waals surface area contributed by atoms with Gasteiger partial charge >= 0.3 is 11.9 Å². The summed E-state index contributed by atoms with van der Waals surface area (Å²) in [6, 6.07) is 7.43. The van der Waals surface area contributed by atoms with E-state index in [2.05, 4.69) is 10.6 Å². The van der Waals surface area contributed by atoms with Crippen LogP contribution in [0.5, 0.6) is 5.75 Å². The van der Waals surface area contributed by atoms with Crippen molar-refractivity contribution in [3.05, 3.63) is 47.5 Å². The summed E-state index contributed by atoms with van der Waals surface area (Å²) in [5.41, 5.74) is 21.2. The van der Waals surface area contributed by atoms with Crippen molar-refractivity contribution in [1.82, 2.24) is 10.6 Å². The number of carbonyl (C=O) groups is 4. The van der Waals surface area contributed by atoms with Crippen molar-refractivity contribution in [1.29, 1.82) is 0 Å². The van der Waals surface area contributed by atoms with E-state index in [1.807, 2.05) is 12.1 Å². The molecule has 0 radical (unpaired) electrons. The van der Waals surface area contributed by atoms with Crippen molar-refractivity contribution in [2.45, 2.75) is 50.7 Å². The Hall–Kier alpha value is -3.96. The number of nitrogen functional groups attached to an aromatic ring is 1. The Labute approximate surface area is 215 Å². The van der Waals surface area contributed by atoms with Crippen LogP contribution in [0.3, 0.4) is 0 Å². The van der Waals surface area contributed by atoms with Crippen LogP contribution in [-0.4, -0.2) is 55.5 Å². The second-order valence-electron chi connectivity index (χ2n) is 8.92. The van der Waals surface area contributed by atoms with E-state index in [9.17, 15) is 19.2 Å². The molecule has 1 aliphatic rings. The van der Waals surface area contributed by atoms with E-state index in [1.54, 1.807) is 24.3 Å². The van der Waals surface area contributed by atoms with Gasteiger partial charge in [-0.15, -0.1) is 0 Å². The van der Waals surface area contributed by atoms with E-state index >= 15 is 0 Å². The number of anilines is 1. The van der Waals surface area contributed by atoms with Gasteiger partial charge in [-0.3, -0.25) is 14.4 Å². The smallest absolute Gasteiger partial charge is 0.328 e. The summed E-state index contributed by atoms with van der Waals surface area (Å²) in [7, 11) is 1.22. The number of esters is 2. The Morgan fingerprint density at radius 1 is 1.00 bits per heavy atom. The Morgan fingerprint density at radius 3 is 2.32 bits per heavy atom. The van der Waals surface area contributed by atoms with Gasteiger partial charge in [0.1, 0.15) is 17.8 Å². The molecule has 198 valence electrons. The van der Waals surface area contributed by atoms with Crippen molar-refractivity contribution in [3.63, 3.8) is 0 Å². The lowest BCUT2D eigenvalue weighted by Gasteiger charge is -2.24. The quantitative estimate of drug-likeness (QED) is 0.212. The number of carbonyl (C=O) groups excluding carboxylic acids is 4. The highest BCUT2D eigenvalue weighted by Crippen LogP contribution is 2.30. The fourth-order valence-corrected chi connectivity index (χ4v) is 4.16. The monoisotopic (exact) mass is 511 g/mol. The summed E-state index contributed by atoms with van der Waals surface area (Å²) in [4.78, 5) is 50.4. The number of nitrogens with two attached hydrogens (primary N) is 3. The molecule has 1 aliphatic heterocycles. The lowest BCUT2D eigenvalue weighted by Crippen LogP contribution is -2.55. The molecule has 3 atom stereocenters. The molecule has 0 unspecified atom stereocenters. The van der Waals surface area contributed by atoms with E-state index in [1.165, 1.54) is 14.0 Å². The molecule has 0 saturated carbocycles. The number of nitrogens with one attached hydrogen (secondary N) is 2. The summed E-state index contributed by atoms with van der Waals surface area (Å²) < 4.78 is 10.3. The maximum atomic E-state index is 13.2. The van der Waals surface area contributed by atoms with Gasteiger partial charge in [0.15, 0.2) is 0 Å². The van der Waals surface area contributed by atoms with Gasteiger partial charge in [0.05, 0.1) is 13.2 Å². The van der Waals surface area contributed by atoms with Crippen LogP contribution in [-0.2, 0) is 36.8 Å². The molecule has 2 aromatic rings. The van der Waals surface area contributed by atoms with Gasteiger partial charge in [0.25, 0.3) is 0 Å². The Balaban J connectivity index is 2.13. The number of hydrogen-bond donors (Lipinski definition) is 5. The summed E-state index contributed by atoms with van der Waals surface area (Å²) in [5, 5.41) is 5.35. The number of amides is 2. The van der Waals surface area contributed by atoms with E-state index in [-0.39, 0.29) is 25.0 Å². The van der Waals surface area contributed by atoms with Crippen LogP contribution >= 0.6 is 0 Å². The molecule has 0 spiro atoms. The Morgan fingerprint density at radius 2 is 1.68 bits per heavy atom. The first kappa shape index (κ1) is 27.6. The minimum absolute atomic E-state index is 0.0418. The molecule has 0 saturated heterocycles. The number of benzene rings is 2. The number of hydrogen-bond acceptors (Lipinski definition) is 9. The van der Waals surface area contributed by atoms with E-state index in [4.69, 9.17) is 26.7 Å². The van der Waals surface area contributed by atoms with Crippen LogP contribution < -0.4 is 32.6 Å².